The highest BCUT2D eigenvalue weighted by Crippen LogP contribution is 2.26. The van der Waals surface area contributed by atoms with Crippen molar-refractivity contribution >= 4 is 23.2 Å². The van der Waals surface area contributed by atoms with Gasteiger partial charge in [0.05, 0.1) is 18.2 Å². The number of hydrogen-bond donors (Lipinski definition) is 1. The van der Waals surface area contributed by atoms with Crippen LogP contribution in [-0.2, 0) is 14.9 Å². The molecule has 7 heteroatoms. The zero-order chi connectivity index (χ0) is 14.9. The molecule has 1 aromatic rings. The summed E-state index contributed by atoms with van der Waals surface area (Å²) in [7, 11) is 0. The molecule has 1 fully saturated rings. The van der Waals surface area contributed by atoms with Gasteiger partial charge in [-0.05, 0) is 0 Å². The molecular formula is C13H18N2O4S. The van der Waals surface area contributed by atoms with Crippen LogP contribution in [0.1, 0.15) is 36.3 Å². The van der Waals surface area contributed by atoms with E-state index in [1.165, 1.54) is 16.2 Å². The number of morpholine rings is 1. The minimum Gasteiger partial charge on any atom is -0.480 e. The number of aromatic nitrogens is 1. The smallest absolute Gasteiger partial charge is 0.328 e. The summed E-state index contributed by atoms with van der Waals surface area (Å²) in [6.45, 7) is 6.72. The van der Waals surface area contributed by atoms with Crippen molar-refractivity contribution in [3.8, 4) is 0 Å². The van der Waals surface area contributed by atoms with Gasteiger partial charge < -0.3 is 14.7 Å². The normalized spacial score (nSPS) is 19.9. The van der Waals surface area contributed by atoms with Crippen LogP contribution in [0, 0.1) is 0 Å². The number of carbonyl (C=O) groups is 2. The van der Waals surface area contributed by atoms with Crippen LogP contribution >= 0.6 is 11.3 Å². The van der Waals surface area contributed by atoms with E-state index in [1.807, 2.05) is 20.8 Å². The van der Waals surface area contributed by atoms with Gasteiger partial charge in [0.15, 0.2) is 6.04 Å². The molecule has 2 heterocycles. The van der Waals surface area contributed by atoms with E-state index in [0.717, 1.165) is 5.01 Å². The molecule has 0 radical (unpaired) electrons. The lowest BCUT2D eigenvalue weighted by Gasteiger charge is -2.32. The summed E-state index contributed by atoms with van der Waals surface area (Å²) < 4.78 is 5.13. The Morgan fingerprint density at radius 1 is 1.50 bits per heavy atom. The van der Waals surface area contributed by atoms with Crippen LogP contribution in [0.3, 0.4) is 0 Å². The molecule has 1 N–H and O–H groups in total. The monoisotopic (exact) mass is 298 g/mol. The number of carbonyl (C=O) groups excluding carboxylic acids is 1. The zero-order valence-corrected chi connectivity index (χ0v) is 12.6. The molecule has 1 atom stereocenters. The number of amides is 1. The first-order valence-corrected chi connectivity index (χ1v) is 7.26. The van der Waals surface area contributed by atoms with Crippen LogP contribution in [0.2, 0.25) is 0 Å². The first kappa shape index (κ1) is 14.9. The van der Waals surface area contributed by atoms with Crippen LogP contribution in [-0.4, -0.2) is 52.7 Å². The van der Waals surface area contributed by atoms with Crippen LogP contribution < -0.4 is 0 Å². The maximum atomic E-state index is 12.4. The van der Waals surface area contributed by atoms with E-state index < -0.39 is 12.0 Å². The number of carboxylic acids is 1. The molecule has 0 spiro atoms. The van der Waals surface area contributed by atoms with Crippen LogP contribution in [0.25, 0.3) is 0 Å². The highest BCUT2D eigenvalue weighted by molar-refractivity contribution is 7.10. The Kier molecular flexibility index (Phi) is 4.10. The molecule has 2 rings (SSSR count). The van der Waals surface area contributed by atoms with Crippen molar-refractivity contribution in [3.05, 3.63) is 16.1 Å². The second-order valence-corrected chi connectivity index (χ2v) is 6.57. The average molecular weight is 298 g/mol. The van der Waals surface area contributed by atoms with Crippen LogP contribution in [0.5, 0.6) is 0 Å². The largest absolute Gasteiger partial charge is 0.480 e. The fourth-order valence-electron chi connectivity index (χ4n) is 1.91. The third-order valence-corrected chi connectivity index (χ3v) is 4.31. The highest BCUT2D eigenvalue weighted by atomic mass is 32.1. The van der Waals surface area contributed by atoms with Crippen molar-refractivity contribution < 1.29 is 19.4 Å². The molecule has 20 heavy (non-hydrogen) atoms. The Labute approximate surface area is 121 Å². The number of carboxylic acid groups (broad SMARTS) is 1. The number of aliphatic carboxylic acids is 1. The summed E-state index contributed by atoms with van der Waals surface area (Å²) in [5, 5.41) is 11.7. The van der Waals surface area contributed by atoms with E-state index in [-0.39, 0.29) is 24.5 Å². The van der Waals surface area contributed by atoms with Gasteiger partial charge in [-0.25, -0.2) is 9.78 Å². The van der Waals surface area contributed by atoms with Crippen molar-refractivity contribution in [2.24, 2.45) is 0 Å². The average Bonchev–Trinajstić information content (AvgIpc) is 2.87. The van der Waals surface area contributed by atoms with E-state index in [4.69, 9.17) is 9.84 Å². The molecule has 1 aliphatic rings. The first-order valence-electron chi connectivity index (χ1n) is 6.38. The van der Waals surface area contributed by atoms with Gasteiger partial charge in [0.1, 0.15) is 5.69 Å². The summed E-state index contributed by atoms with van der Waals surface area (Å²) >= 11 is 1.42. The molecule has 0 saturated carbocycles. The predicted molar refractivity (Wildman–Crippen MR) is 74.1 cm³/mol. The molecule has 1 aromatic heterocycles. The van der Waals surface area contributed by atoms with Crippen molar-refractivity contribution in [2.45, 2.75) is 32.2 Å². The van der Waals surface area contributed by atoms with Gasteiger partial charge in [0.25, 0.3) is 5.91 Å². The summed E-state index contributed by atoms with van der Waals surface area (Å²) in [6, 6.07) is -0.934. The van der Waals surface area contributed by atoms with E-state index >= 15 is 0 Å². The van der Waals surface area contributed by atoms with Crippen LogP contribution in [0.4, 0.5) is 0 Å². The molecule has 0 aliphatic carbocycles. The molecule has 6 nitrogen and oxygen atoms in total. The van der Waals surface area contributed by atoms with Crippen molar-refractivity contribution in [2.75, 3.05) is 19.8 Å². The van der Waals surface area contributed by atoms with Gasteiger partial charge in [-0.15, -0.1) is 11.3 Å². The third kappa shape index (κ3) is 2.99. The van der Waals surface area contributed by atoms with Gasteiger partial charge in [-0.2, -0.15) is 0 Å². The quantitative estimate of drug-likeness (QED) is 0.892. The van der Waals surface area contributed by atoms with Crippen molar-refractivity contribution in [3.63, 3.8) is 0 Å². The van der Waals surface area contributed by atoms with Crippen LogP contribution in [0.15, 0.2) is 5.38 Å². The lowest BCUT2D eigenvalue weighted by Crippen LogP contribution is -2.52. The molecule has 110 valence electrons. The molecule has 1 saturated heterocycles. The Morgan fingerprint density at radius 3 is 2.75 bits per heavy atom. The van der Waals surface area contributed by atoms with E-state index in [0.29, 0.717) is 12.3 Å². The fourth-order valence-corrected chi connectivity index (χ4v) is 2.80. The zero-order valence-electron chi connectivity index (χ0n) is 11.8. The van der Waals surface area contributed by atoms with Gasteiger partial charge in [0.2, 0.25) is 0 Å². The Morgan fingerprint density at radius 2 is 2.20 bits per heavy atom. The number of hydrogen-bond acceptors (Lipinski definition) is 5. The molecule has 0 aromatic carbocycles. The number of thiazole rings is 1. The summed E-state index contributed by atoms with van der Waals surface area (Å²) in [4.78, 5) is 29.3. The fraction of sp³-hybridized carbons (Fsp3) is 0.615. The Balaban J connectivity index is 2.21. The minimum absolute atomic E-state index is 0.0251. The maximum Gasteiger partial charge on any atom is 0.328 e. The lowest BCUT2D eigenvalue weighted by molar-refractivity contribution is -0.147. The third-order valence-electron chi connectivity index (χ3n) is 3.04. The molecule has 1 unspecified atom stereocenters. The molecule has 1 amide bonds. The lowest BCUT2D eigenvalue weighted by atomic mass is 9.98. The first-order chi connectivity index (χ1) is 9.30. The van der Waals surface area contributed by atoms with Gasteiger partial charge in [-0.3, -0.25) is 4.79 Å². The Hall–Kier alpha value is -1.47. The Bertz CT molecular complexity index is 521. The number of ether oxygens (including phenoxy) is 1. The second-order valence-electron chi connectivity index (χ2n) is 5.72. The molecular weight excluding hydrogens is 280 g/mol. The van der Waals surface area contributed by atoms with E-state index in [2.05, 4.69) is 4.98 Å². The SMILES string of the molecule is CC(C)(C)c1nc(C(=O)N2CCOCC2C(=O)O)cs1. The summed E-state index contributed by atoms with van der Waals surface area (Å²) in [6.07, 6.45) is 0. The van der Waals surface area contributed by atoms with Crippen molar-refractivity contribution in [1.29, 1.82) is 0 Å². The topological polar surface area (TPSA) is 79.7 Å². The predicted octanol–water partition coefficient (Wildman–Crippen LogP) is 1.37. The molecule has 0 bridgehead atoms. The van der Waals surface area contributed by atoms with Gasteiger partial charge >= 0.3 is 5.97 Å². The molecule has 1 aliphatic heterocycles. The summed E-state index contributed by atoms with van der Waals surface area (Å²) in [5.74, 6) is -1.39. The van der Waals surface area contributed by atoms with Crippen molar-refractivity contribution in [1.82, 2.24) is 9.88 Å². The second kappa shape index (κ2) is 5.49. The summed E-state index contributed by atoms with van der Waals surface area (Å²) in [5.41, 5.74) is 0.188. The van der Waals surface area contributed by atoms with E-state index in [9.17, 15) is 9.59 Å². The number of rotatable bonds is 2. The number of nitrogens with zero attached hydrogens (tertiary/aromatic N) is 2. The highest BCUT2D eigenvalue weighted by Gasteiger charge is 2.34. The van der Waals surface area contributed by atoms with E-state index in [1.54, 1.807) is 5.38 Å². The maximum absolute atomic E-state index is 12.4. The minimum atomic E-state index is -1.05. The van der Waals surface area contributed by atoms with Gasteiger partial charge in [0, 0.05) is 17.3 Å². The standard InChI is InChI=1S/C13H18N2O4S/c1-13(2,3)12-14-8(7-20-12)10(16)15-4-5-19-6-9(15)11(17)18/h7,9H,4-6H2,1-3H3,(H,17,18). The van der Waals surface area contributed by atoms with Gasteiger partial charge in [-0.1, -0.05) is 20.8 Å².